The van der Waals surface area contributed by atoms with Gasteiger partial charge < -0.3 is 15.7 Å². The van der Waals surface area contributed by atoms with E-state index in [4.69, 9.17) is 11.6 Å². The fraction of sp³-hybridized carbons (Fsp3) is 0.0714. The zero-order valence-electron chi connectivity index (χ0n) is 11.1. The van der Waals surface area contributed by atoms with Gasteiger partial charge in [0.25, 0.3) is 0 Å². The van der Waals surface area contributed by atoms with E-state index in [0.29, 0.717) is 16.7 Å². The Bertz CT molecular complexity index is 703. The van der Waals surface area contributed by atoms with Crippen LogP contribution in [0.4, 0.5) is 17.1 Å². The highest BCUT2D eigenvalue weighted by Crippen LogP contribution is 2.40. The predicted molar refractivity (Wildman–Crippen MR) is 88.8 cm³/mol. The second-order valence-corrected chi connectivity index (χ2v) is 5.67. The van der Waals surface area contributed by atoms with Crippen molar-refractivity contribution >= 4 is 46.6 Å². The minimum Gasteiger partial charge on any atom is -0.506 e. The largest absolute Gasteiger partial charge is 0.506 e. The van der Waals surface area contributed by atoms with Gasteiger partial charge in [-0.1, -0.05) is 11.6 Å². The van der Waals surface area contributed by atoms with Crippen LogP contribution in [-0.2, 0) is 0 Å². The van der Waals surface area contributed by atoms with Gasteiger partial charge in [0, 0.05) is 29.5 Å². The summed E-state index contributed by atoms with van der Waals surface area (Å²) in [6.45, 7) is 0. The van der Waals surface area contributed by atoms with Crippen molar-refractivity contribution in [1.82, 2.24) is 4.72 Å². The molecule has 0 radical (unpaired) electrons. The number of hydrogen-bond acceptors (Lipinski definition) is 6. The molecule has 4 N–H and O–H groups in total. The Balaban J connectivity index is 1.84. The number of fused-ring (bicyclic) bond motifs is 1. The summed E-state index contributed by atoms with van der Waals surface area (Å²) in [5.41, 5.74) is 2.45. The number of benzene rings is 2. The zero-order chi connectivity index (χ0) is 14.8. The van der Waals surface area contributed by atoms with Gasteiger partial charge in [-0.2, -0.15) is 0 Å². The maximum absolute atomic E-state index is 9.92. The Hall–Kier alpha value is -2.05. The summed E-state index contributed by atoms with van der Waals surface area (Å²) in [6.07, 6.45) is 0. The van der Waals surface area contributed by atoms with Crippen molar-refractivity contribution in [2.24, 2.45) is 4.99 Å². The molecule has 1 heterocycles. The van der Waals surface area contributed by atoms with E-state index in [1.807, 2.05) is 31.3 Å². The minimum atomic E-state index is 0.0660. The lowest BCUT2D eigenvalue weighted by Gasteiger charge is -2.18. The third kappa shape index (κ3) is 3.01. The van der Waals surface area contributed by atoms with Gasteiger partial charge in [0.2, 0.25) is 5.96 Å². The standard InChI is InChI=1S/C14H13ClN4OS/c1-16-9-2-4-10(5-3-9)17-14-18-13-11(20)6-8(15)7-12(13)21-19-14/h2-7,16,20H,1H3,(H2,17,18,19). The van der Waals surface area contributed by atoms with Crippen LogP contribution >= 0.6 is 23.5 Å². The highest BCUT2D eigenvalue weighted by atomic mass is 35.5. The molecule has 108 valence electrons. The second kappa shape index (κ2) is 5.75. The van der Waals surface area contributed by atoms with Gasteiger partial charge in [-0.3, -0.25) is 4.72 Å². The van der Waals surface area contributed by atoms with Gasteiger partial charge in [-0.15, -0.1) is 0 Å². The highest BCUT2D eigenvalue weighted by Gasteiger charge is 2.17. The lowest BCUT2D eigenvalue weighted by Crippen LogP contribution is -2.26. The predicted octanol–water partition coefficient (Wildman–Crippen LogP) is 3.80. The molecule has 2 aromatic carbocycles. The molecule has 2 aromatic rings. The Kier molecular flexibility index (Phi) is 3.81. The summed E-state index contributed by atoms with van der Waals surface area (Å²) in [5.74, 6) is 0.624. The fourth-order valence-corrected chi connectivity index (χ4v) is 2.91. The van der Waals surface area contributed by atoms with E-state index in [-0.39, 0.29) is 5.75 Å². The normalized spacial score (nSPS) is 13.0. The molecule has 0 saturated heterocycles. The van der Waals surface area contributed by atoms with E-state index >= 15 is 0 Å². The molecule has 1 aliphatic heterocycles. The van der Waals surface area contributed by atoms with E-state index in [9.17, 15) is 5.11 Å². The minimum absolute atomic E-state index is 0.0660. The first-order valence-electron chi connectivity index (χ1n) is 6.24. The molecule has 0 amide bonds. The summed E-state index contributed by atoms with van der Waals surface area (Å²) in [4.78, 5) is 5.16. The highest BCUT2D eigenvalue weighted by molar-refractivity contribution is 7.98. The molecule has 0 atom stereocenters. The average molecular weight is 321 g/mol. The first-order valence-corrected chi connectivity index (χ1v) is 7.44. The summed E-state index contributed by atoms with van der Waals surface area (Å²) in [7, 11) is 1.87. The average Bonchev–Trinajstić information content (AvgIpc) is 2.48. The summed E-state index contributed by atoms with van der Waals surface area (Å²) >= 11 is 7.26. The number of nitrogens with one attached hydrogen (secondary N) is 3. The van der Waals surface area contributed by atoms with Gasteiger partial charge in [-0.25, -0.2) is 4.99 Å². The number of aromatic hydroxyl groups is 1. The Morgan fingerprint density at radius 2 is 1.90 bits per heavy atom. The van der Waals surface area contributed by atoms with Gasteiger partial charge >= 0.3 is 0 Å². The third-order valence-electron chi connectivity index (χ3n) is 2.94. The van der Waals surface area contributed by atoms with Gasteiger partial charge in [-0.05, 0) is 42.3 Å². The molecule has 0 saturated carbocycles. The number of rotatable bonds is 2. The zero-order valence-corrected chi connectivity index (χ0v) is 12.7. The van der Waals surface area contributed by atoms with Crippen molar-refractivity contribution in [2.45, 2.75) is 4.90 Å². The van der Waals surface area contributed by atoms with Crippen LogP contribution in [0.1, 0.15) is 0 Å². The monoisotopic (exact) mass is 320 g/mol. The first kappa shape index (κ1) is 13.9. The second-order valence-electron chi connectivity index (χ2n) is 4.39. The van der Waals surface area contributed by atoms with Crippen LogP contribution in [-0.4, -0.2) is 18.1 Å². The Morgan fingerprint density at radius 1 is 1.19 bits per heavy atom. The van der Waals surface area contributed by atoms with Gasteiger partial charge in [0.05, 0.1) is 4.90 Å². The van der Waals surface area contributed by atoms with Crippen LogP contribution < -0.4 is 15.4 Å². The van der Waals surface area contributed by atoms with Crippen molar-refractivity contribution < 1.29 is 5.11 Å². The summed E-state index contributed by atoms with van der Waals surface area (Å²) in [5, 5.41) is 16.6. The van der Waals surface area contributed by atoms with Crippen LogP contribution in [0.2, 0.25) is 5.02 Å². The number of halogens is 1. The molecule has 21 heavy (non-hydrogen) atoms. The van der Waals surface area contributed by atoms with Crippen molar-refractivity contribution in [3.8, 4) is 5.75 Å². The van der Waals surface area contributed by atoms with Crippen LogP contribution in [0.3, 0.4) is 0 Å². The Morgan fingerprint density at radius 3 is 2.62 bits per heavy atom. The lowest BCUT2D eigenvalue weighted by atomic mass is 10.3. The quantitative estimate of drug-likeness (QED) is 0.634. The van der Waals surface area contributed by atoms with Crippen molar-refractivity contribution in [2.75, 3.05) is 17.7 Å². The third-order valence-corrected chi connectivity index (χ3v) is 3.98. The van der Waals surface area contributed by atoms with Crippen molar-refractivity contribution in [1.29, 1.82) is 0 Å². The number of hydrogen-bond donors (Lipinski definition) is 4. The number of nitrogens with zero attached hydrogens (tertiary/aromatic N) is 1. The van der Waals surface area contributed by atoms with Crippen LogP contribution in [0.25, 0.3) is 0 Å². The summed E-state index contributed by atoms with van der Waals surface area (Å²) < 4.78 is 3.08. The number of anilines is 2. The topological polar surface area (TPSA) is 68.7 Å². The molecule has 7 heteroatoms. The van der Waals surface area contributed by atoms with Crippen LogP contribution in [0.5, 0.6) is 5.75 Å². The molecule has 0 spiro atoms. The van der Waals surface area contributed by atoms with E-state index in [0.717, 1.165) is 16.3 Å². The smallest absolute Gasteiger partial charge is 0.211 e. The maximum Gasteiger partial charge on any atom is 0.211 e. The van der Waals surface area contributed by atoms with Crippen molar-refractivity contribution in [3.63, 3.8) is 0 Å². The van der Waals surface area contributed by atoms with E-state index in [1.54, 1.807) is 6.07 Å². The molecule has 0 aromatic heterocycles. The first-order chi connectivity index (χ1) is 10.2. The molecule has 0 fully saturated rings. The van der Waals surface area contributed by atoms with E-state index in [2.05, 4.69) is 20.3 Å². The van der Waals surface area contributed by atoms with Crippen molar-refractivity contribution in [3.05, 3.63) is 41.4 Å². The Labute approximate surface area is 131 Å². The molecule has 1 aliphatic rings. The molecule has 5 nitrogen and oxygen atoms in total. The number of phenolic OH excluding ortho intramolecular Hbond substituents is 1. The SMILES string of the molecule is CNc1ccc(NC2=Nc3c(O)cc(Cl)cc3SN2)cc1. The van der Waals surface area contributed by atoms with Gasteiger partial charge in [0.1, 0.15) is 11.4 Å². The lowest BCUT2D eigenvalue weighted by molar-refractivity contribution is 0.475. The maximum atomic E-state index is 9.92. The van der Waals surface area contributed by atoms with Crippen LogP contribution in [0, 0.1) is 0 Å². The molecular weight excluding hydrogens is 308 g/mol. The summed E-state index contributed by atoms with van der Waals surface area (Å²) in [6, 6.07) is 11.1. The number of phenols is 1. The number of guanidine groups is 1. The molecule has 0 unspecified atom stereocenters. The molecule has 0 bridgehead atoms. The molecule has 3 rings (SSSR count). The van der Waals surface area contributed by atoms with Crippen LogP contribution in [0.15, 0.2) is 46.3 Å². The molecule has 0 aliphatic carbocycles. The fourth-order valence-electron chi connectivity index (χ4n) is 1.90. The van der Waals surface area contributed by atoms with E-state index < -0.39 is 0 Å². The van der Waals surface area contributed by atoms with E-state index in [1.165, 1.54) is 18.0 Å². The molecular formula is C14H13ClN4OS. The van der Waals surface area contributed by atoms with Gasteiger partial charge in [0.15, 0.2) is 0 Å². The number of aliphatic imine (C=N–C) groups is 1.